The molecule has 1 saturated carbocycles. The Morgan fingerprint density at radius 1 is 1.22 bits per heavy atom. The second-order valence-electron chi connectivity index (χ2n) is 5.05. The number of ether oxygens (including phenoxy) is 2. The Balaban J connectivity index is 1.65. The maximum absolute atomic E-state index is 8.78. The zero-order valence-corrected chi connectivity index (χ0v) is 10.2. The average Bonchev–Trinajstić information content (AvgIpc) is 3.17. The molecular formula is C14H16N2O2. The molecule has 1 aromatic rings. The minimum atomic E-state index is 0.210. The van der Waals surface area contributed by atoms with E-state index in [4.69, 9.17) is 14.7 Å². The molecule has 4 heteroatoms. The number of benzene rings is 1. The van der Waals surface area contributed by atoms with Gasteiger partial charge in [0.05, 0.1) is 6.07 Å². The first-order valence-corrected chi connectivity index (χ1v) is 6.32. The van der Waals surface area contributed by atoms with Crippen molar-refractivity contribution < 1.29 is 9.47 Å². The Bertz CT molecular complexity index is 489. The molecule has 0 unspecified atom stereocenters. The Hall–Kier alpha value is -1.89. The van der Waals surface area contributed by atoms with E-state index in [1.165, 1.54) is 0 Å². The van der Waals surface area contributed by atoms with Crippen LogP contribution in [0.4, 0.5) is 5.69 Å². The molecule has 0 atom stereocenters. The maximum Gasteiger partial charge on any atom is 0.163 e. The van der Waals surface area contributed by atoms with Gasteiger partial charge in [0.1, 0.15) is 13.2 Å². The summed E-state index contributed by atoms with van der Waals surface area (Å²) in [7, 11) is 0. The summed E-state index contributed by atoms with van der Waals surface area (Å²) in [5, 5.41) is 12.2. The third kappa shape index (κ3) is 2.21. The van der Waals surface area contributed by atoms with Crippen LogP contribution < -0.4 is 14.8 Å². The molecule has 1 fully saturated rings. The van der Waals surface area contributed by atoms with E-state index in [0.29, 0.717) is 19.6 Å². The molecule has 0 bridgehead atoms. The van der Waals surface area contributed by atoms with Gasteiger partial charge in [0.25, 0.3) is 0 Å². The fourth-order valence-electron chi connectivity index (χ4n) is 2.20. The number of nitrogens with zero attached hydrogens (tertiary/aromatic N) is 1. The first kappa shape index (κ1) is 11.2. The molecule has 0 amide bonds. The molecule has 0 aromatic heterocycles. The van der Waals surface area contributed by atoms with E-state index in [1.807, 2.05) is 18.2 Å². The molecule has 1 aromatic carbocycles. The van der Waals surface area contributed by atoms with Crippen LogP contribution in [-0.4, -0.2) is 19.8 Å². The predicted octanol–water partition coefficient (Wildman–Crippen LogP) is 2.56. The van der Waals surface area contributed by atoms with Gasteiger partial charge >= 0.3 is 0 Å². The number of nitriles is 1. The summed E-state index contributed by atoms with van der Waals surface area (Å²) < 4.78 is 11.0. The molecule has 0 saturated heterocycles. The summed E-state index contributed by atoms with van der Waals surface area (Å²) in [4.78, 5) is 0. The summed E-state index contributed by atoms with van der Waals surface area (Å²) in [6.45, 7) is 2.08. The Morgan fingerprint density at radius 3 is 2.72 bits per heavy atom. The van der Waals surface area contributed by atoms with Gasteiger partial charge in [-0.1, -0.05) is 0 Å². The molecular weight excluding hydrogens is 228 g/mol. The molecule has 1 aliphatic heterocycles. The average molecular weight is 244 g/mol. The molecule has 0 spiro atoms. The van der Waals surface area contributed by atoms with E-state index < -0.39 is 0 Å². The molecule has 1 aliphatic carbocycles. The normalized spacial score (nSPS) is 18.8. The van der Waals surface area contributed by atoms with E-state index in [2.05, 4.69) is 11.4 Å². The number of rotatable bonds is 4. The molecule has 18 heavy (non-hydrogen) atoms. The van der Waals surface area contributed by atoms with E-state index in [1.54, 1.807) is 0 Å². The van der Waals surface area contributed by atoms with Crippen LogP contribution in [0.3, 0.4) is 0 Å². The summed E-state index contributed by atoms with van der Waals surface area (Å²) in [6, 6.07) is 8.17. The molecule has 1 heterocycles. The lowest BCUT2D eigenvalue weighted by molar-refractivity contribution is 0.171. The van der Waals surface area contributed by atoms with Gasteiger partial charge in [-0.3, -0.25) is 0 Å². The maximum atomic E-state index is 8.78. The third-order valence-corrected chi connectivity index (χ3v) is 3.62. The van der Waals surface area contributed by atoms with Gasteiger partial charge in [-0.05, 0) is 25.0 Å². The Labute approximate surface area is 107 Å². The molecule has 3 rings (SSSR count). The van der Waals surface area contributed by atoms with Crippen molar-refractivity contribution in [3.8, 4) is 17.6 Å². The standard InChI is InChI=1S/C14H16N2O2/c15-6-5-14(3-4-14)10-16-11-1-2-12-13(9-11)18-8-7-17-12/h1-2,9,16H,3-5,7-8,10H2. The lowest BCUT2D eigenvalue weighted by Crippen LogP contribution is -2.17. The van der Waals surface area contributed by atoms with Crippen LogP contribution in [-0.2, 0) is 0 Å². The first-order chi connectivity index (χ1) is 8.81. The van der Waals surface area contributed by atoms with Gasteiger partial charge in [-0.25, -0.2) is 0 Å². The molecule has 2 aliphatic rings. The summed E-state index contributed by atoms with van der Waals surface area (Å²) >= 11 is 0. The fourth-order valence-corrected chi connectivity index (χ4v) is 2.20. The highest BCUT2D eigenvalue weighted by molar-refractivity contribution is 5.55. The second-order valence-corrected chi connectivity index (χ2v) is 5.05. The Morgan fingerprint density at radius 2 is 2.00 bits per heavy atom. The van der Waals surface area contributed by atoms with Crippen LogP contribution in [0.1, 0.15) is 19.3 Å². The highest BCUT2D eigenvalue weighted by Crippen LogP contribution is 2.48. The van der Waals surface area contributed by atoms with Crippen molar-refractivity contribution in [2.24, 2.45) is 5.41 Å². The second kappa shape index (κ2) is 4.41. The topological polar surface area (TPSA) is 54.3 Å². The number of hydrogen-bond donors (Lipinski definition) is 1. The highest BCUT2D eigenvalue weighted by atomic mass is 16.6. The number of anilines is 1. The zero-order valence-electron chi connectivity index (χ0n) is 10.2. The van der Waals surface area contributed by atoms with Crippen LogP contribution in [0.2, 0.25) is 0 Å². The molecule has 1 N–H and O–H groups in total. The minimum absolute atomic E-state index is 0.210. The lowest BCUT2D eigenvalue weighted by atomic mass is 10.0. The largest absolute Gasteiger partial charge is 0.486 e. The van der Waals surface area contributed by atoms with E-state index >= 15 is 0 Å². The van der Waals surface area contributed by atoms with Crippen LogP contribution in [0.15, 0.2) is 18.2 Å². The monoisotopic (exact) mass is 244 g/mol. The third-order valence-electron chi connectivity index (χ3n) is 3.62. The fraction of sp³-hybridized carbons (Fsp3) is 0.500. The summed E-state index contributed by atoms with van der Waals surface area (Å²) in [5.74, 6) is 1.61. The Kier molecular flexibility index (Phi) is 2.75. The minimum Gasteiger partial charge on any atom is -0.486 e. The number of nitrogens with one attached hydrogen (secondary N) is 1. The van der Waals surface area contributed by atoms with Crippen LogP contribution in [0.5, 0.6) is 11.5 Å². The van der Waals surface area contributed by atoms with Crippen molar-refractivity contribution in [1.82, 2.24) is 0 Å². The van der Waals surface area contributed by atoms with Crippen molar-refractivity contribution in [3.63, 3.8) is 0 Å². The number of fused-ring (bicyclic) bond motifs is 1. The smallest absolute Gasteiger partial charge is 0.163 e. The van der Waals surface area contributed by atoms with Gasteiger partial charge < -0.3 is 14.8 Å². The van der Waals surface area contributed by atoms with Gasteiger partial charge in [0, 0.05) is 30.1 Å². The van der Waals surface area contributed by atoms with Crippen molar-refractivity contribution in [2.75, 3.05) is 25.1 Å². The van der Waals surface area contributed by atoms with Crippen molar-refractivity contribution in [3.05, 3.63) is 18.2 Å². The zero-order chi connectivity index (χ0) is 12.4. The predicted molar refractivity (Wildman–Crippen MR) is 67.8 cm³/mol. The quantitative estimate of drug-likeness (QED) is 0.884. The van der Waals surface area contributed by atoms with Crippen LogP contribution in [0, 0.1) is 16.7 Å². The van der Waals surface area contributed by atoms with E-state index in [9.17, 15) is 0 Å². The molecule has 4 nitrogen and oxygen atoms in total. The van der Waals surface area contributed by atoms with Gasteiger partial charge in [-0.15, -0.1) is 0 Å². The van der Waals surface area contributed by atoms with Gasteiger partial charge in [-0.2, -0.15) is 5.26 Å². The van der Waals surface area contributed by atoms with Crippen LogP contribution in [0.25, 0.3) is 0 Å². The SMILES string of the molecule is N#CCC1(CNc2ccc3c(c2)OCCO3)CC1. The van der Waals surface area contributed by atoms with Gasteiger partial charge in [0.15, 0.2) is 11.5 Å². The van der Waals surface area contributed by atoms with Crippen molar-refractivity contribution in [1.29, 1.82) is 5.26 Å². The molecule has 0 radical (unpaired) electrons. The lowest BCUT2D eigenvalue weighted by Gasteiger charge is -2.20. The summed E-state index contributed by atoms with van der Waals surface area (Å²) in [5.41, 5.74) is 1.24. The number of hydrogen-bond acceptors (Lipinski definition) is 4. The van der Waals surface area contributed by atoms with Crippen molar-refractivity contribution in [2.45, 2.75) is 19.3 Å². The van der Waals surface area contributed by atoms with Gasteiger partial charge in [0.2, 0.25) is 0 Å². The summed E-state index contributed by atoms with van der Waals surface area (Å²) in [6.07, 6.45) is 2.95. The van der Waals surface area contributed by atoms with Crippen LogP contribution >= 0.6 is 0 Å². The van der Waals surface area contributed by atoms with Crippen molar-refractivity contribution >= 4 is 5.69 Å². The highest BCUT2D eigenvalue weighted by Gasteiger charge is 2.42. The van der Waals surface area contributed by atoms with E-state index in [-0.39, 0.29) is 5.41 Å². The van der Waals surface area contributed by atoms with E-state index in [0.717, 1.165) is 36.6 Å². The molecule has 94 valence electrons. The first-order valence-electron chi connectivity index (χ1n) is 6.32.